The molecule has 0 radical (unpaired) electrons. The van der Waals surface area contributed by atoms with Crippen molar-refractivity contribution in [1.29, 1.82) is 0 Å². The van der Waals surface area contributed by atoms with Gasteiger partial charge in [-0.15, -0.1) is 11.6 Å². The van der Waals surface area contributed by atoms with Crippen LogP contribution in [0.25, 0.3) is 0 Å². The quantitative estimate of drug-likeness (QED) is 0.419. The Labute approximate surface area is 82.2 Å². The molecule has 74 valence electrons. The van der Waals surface area contributed by atoms with Crippen LogP contribution in [0.5, 0.6) is 0 Å². The molecule has 0 amide bonds. The van der Waals surface area contributed by atoms with E-state index in [1.807, 2.05) is 0 Å². The first-order valence-electron chi connectivity index (χ1n) is 4.27. The first-order chi connectivity index (χ1) is 5.45. The van der Waals surface area contributed by atoms with E-state index in [1.165, 1.54) is 0 Å². The van der Waals surface area contributed by atoms with Crippen molar-refractivity contribution in [3.8, 4) is 0 Å². The summed E-state index contributed by atoms with van der Waals surface area (Å²) in [5.41, 5.74) is 0.359. The molecule has 0 heterocycles. The van der Waals surface area contributed by atoms with E-state index in [0.717, 1.165) is 6.04 Å². The third-order valence-corrected chi connectivity index (χ3v) is 4.07. The molecule has 1 unspecified atom stereocenters. The second-order valence-corrected chi connectivity index (χ2v) is 5.82. The summed E-state index contributed by atoms with van der Waals surface area (Å²) in [4.78, 5) is 0. The van der Waals surface area contributed by atoms with Gasteiger partial charge in [0.2, 0.25) is 0 Å². The van der Waals surface area contributed by atoms with Gasteiger partial charge in [-0.25, -0.2) is 0 Å². The van der Waals surface area contributed by atoms with Gasteiger partial charge in [-0.05, 0) is 11.5 Å². The van der Waals surface area contributed by atoms with Gasteiger partial charge in [0.05, 0.1) is 18.6 Å². The zero-order valence-electron chi connectivity index (χ0n) is 8.14. The zero-order valence-corrected chi connectivity index (χ0v) is 10.3. The monoisotopic (exact) mass is 210 g/mol. The third kappa shape index (κ3) is 8.52. The van der Waals surface area contributed by atoms with Crippen LogP contribution in [0.3, 0.4) is 0 Å². The van der Waals surface area contributed by atoms with Gasteiger partial charge >= 0.3 is 0 Å². The average molecular weight is 211 g/mol. The fourth-order valence-corrected chi connectivity index (χ4v) is 1.93. The summed E-state index contributed by atoms with van der Waals surface area (Å²) < 4.78 is 5.37. The molecule has 0 bridgehead atoms. The Morgan fingerprint density at radius 1 is 1.50 bits per heavy atom. The van der Waals surface area contributed by atoms with Crippen molar-refractivity contribution in [3.63, 3.8) is 0 Å². The van der Waals surface area contributed by atoms with Crippen molar-refractivity contribution < 1.29 is 9.53 Å². The van der Waals surface area contributed by atoms with Crippen LogP contribution >= 0.6 is 11.6 Å². The molecule has 2 nitrogen and oxygen atoms in total. The topological polar surface area (TPSA) is 29.5 Å². The van der Waals surface area contributed by atoms with Crippen LogP contribution in [0.1, 0.15) is 20.8 Å². The molecular formula is C8H19ClO2Si. The van der Waals surface area contributed by atoms with Crippen molar-refractivity contribution in [3.05, 3.63) is 0 Å². The predicted molar refractivity (Wildman–Crippen MR) is 55.5 cm³/mol. The highest BCUT2D eigenvalue weighted by Crippen LogP contribution is 2.18. The highest BCUT2D eigenvalue weighted by Gasteiger charge is 2.10. The molecule has 0 aliphatic rings. The molecule has 0 aliphatic carbocycles. The molecule has 1 N–H and O–H groups in total. The largest absolute Gasteiger partial charge is 0.421 e. The minimum atomic E-state index is -0.487. The lowest BCUT2D eigenvalue weighted by molar-refractivity contribution is 0.127. The molecule has 12 heavy (non-hydrogen) atoms. The van der Waals surface area contributed by atoms with Gasteiger partial charge in [0.1, 0.15) is 0 Å². The number of halogens is 1. The first-order valence-corrected chi connectivity index (χ1v) is 6.38. The molecular weight excluding hydrogens is 192 g/mol. The highest BCUT2D eigenvalue weighted by atomic mass is 35.5. The van der Waals surface area contributed by atoms with Crippen LogP contribution in [-0.4, -0.2) is 33.5 Å². The maximum absolute atomic E-state index is 9.05. The minimum Gasteiger partial charge on any atom is -0.421 e. The second-order valence-electron chi connectivity index (χ2n) is 4.19. The van der Waals surface area contributed by atoms with E-state index < -0.39 is 15.9 Å². The standard InChI is InChI=1S/C8H19ClO2Si/c1-8(2,3)6-12-11-5-7(10)4-9/h7,10H,4-6,12H2,1-3H3. The van der Waals surface area contributed by atoms with Crippen molar-refractivity contribution in [2.24, 2.45) is 5.41 Å². The Bertz CT molecular complexity index is 114. The van der Waals surface area contributed by atoms with Crippen LogP contribution in [0.2, 0.25) is 6.04 Å². The Hall–Kier alpha value is 0.427. The zero-order chi connectivity index (χ0) is 9.61. The lowest BCUT2D eigenvalue weighted by atomic mass is 10.0. The SMILES string of the molecule is CC(C)(C)C[SiH2]OCC(O)CCl. The van der Waals surface area contributed by atoms with Gasteiger partial charge in [-0.1, -0.05) is 20.8 Å². The molecule has 0 saturated carbocycles. The molecule has 0 fully saturated rings. The molecule has 0 aromatic carbocycles. The predicted octanol–water partition coefficient (Wildman–Crippen LogP) is 1.15. The Morgan fingerprint density at radius 2 is 2.08 bits per heavy atom. The van der Waals surface area contributed by atoms with Crippen molar-refractivity contribution >= 4 is 21.4 Å². The number of aliphatic hydroxyl groups is 1. The van der Waals surface area contributed by atoms with Gasteiger partial charge in [0.15, 0.2) is 9.76 Å². The number of aliphatic hydroxyl groups excluding tert-OH is 1. The summed E-state index contributed by atoms with van der Waals surface area (Å²) in [6.07, 6.45) is -0.487. The molecule has 0 aromatic rings. The first kappa shape index (κ1) is 12.4. The van der Waals surface area contributed by atoms with E-state index in [1.54, 1.807) is 0 Å². The molecule has 0 aromatic heterocycles. The normalized spacial score (nSPS) is 15.8. The van der Waals surface area contributed by atoms with Gasteiger partial charge in [0.25, 0.3) is 0 Å². The van der Waals surface area contributed by atoms with Gasteiger partial charge < -0.3 is 9.53 Å². The number of rotatable bonds is 5. The van der Waals surface area contributed by atoms with E-state index in [2.05, 4.69) is 20.8 Å². The highest BCUT2D eigenvalue weighted by molar-refractivity contribution is 6.27. The van der Waals surface area contributed by atoms with Crippen molar-refractivity contribution in [2.75, 3.05) is 12.5 Å². The van der Waals surface area contributed by atoms with E-state index in [0.29, 0.717) is 12.0 Å². The maximum atomic E-state index is 9.05. The van der Waals surface area contributed by atoms with Gasteiger partial charge in [-0.3, -0.25) is 0 Å². The number of hydrogen-bond donors (Lipinski definition) is 1. The van der Waals surface area contributed by atoms with Crippen LogP contribution in [-0.2, 0) is 4.43 Å². The molecule has 1 atom stereocenters. The molecule has 4 heteroatoms. The fourth-order valence-electron chi connectivity index (χ4n) is 0.642. The average Bonchev–Trinajstić information content (AvgIpc) is 1.96. The summed E-state index contributed by atoms with van der Waals surface area (Å²) in [6, 6.07) is 1.14. The molecule has 0 spiro atoms. The number of hydrogen-bond acceptors (Lipinski definition) is 2. The van der Waals surface area contributed by atoms with Crippen molar-refractivity contribution in [2.45, 2.75) is 32.9 Å². The van der Waals surface area contributed by atoms with Crippen molar-refractivity contribution in [1.82, 2.24) is 0 Å². The van der Waals surface area contributed by atoms with Gasteiger partial charge in [-0.2, -0.15) is 0 Å². The minimum absolute atomic E-state index is 0.268. The van der Waals surface area contributed by atoms with Crippen LogP contribution < -0.4 is 0 Å². The lowest BCUT2D eigenvalue weighted by Gasteiger charge is -2.17. The Kier molecular flexibility index (Phi) is 6.18. The van der Waals surface area contributed by atoms with E-state index in [-0.39, 0.29) is 5.88 Å². The van der Waals surface area contributed by atoms with Crippen LogP contribution in [0, 0.1) is 5.41 Å². The van der Waals surface area contributed by atoms with Crippen LogP contribution in [0.15, 0.2) is 0 Å². The van der Waals surface area contributed by atoms with E-state index in [4.69, 9.17) is 21.1 Å². The molecule has 0 aliphatic heterocycles. The van der Waals surface area contributed by atoms with Crippen LogP contribution in [0.4, 0.5) is 0 Å². The van der Waals surface area contributed by atoms with E-state index in [9.17, 15) is 0 Å². The number of alkyl halides is 1. The third-order valence-electron chi connectivity index (χ3n) is 1.48. The van der Waals surface area contributed by atoms with Gasteiger partial charge in [0, 0.05) is 0 Å². The Morgan fingerprint density at radius 3 is 2.50 bits per heavy atom. The molecule has 0 saturated heterocycles. The summed E-state index contributed by atoms with van der Waals surface area (Å²) in [6.45, 7) is 7.00. The maximum Gasteiger partial charge on any atom is 0.162 e. The fraction of sp³-hybridized carbons (Fsp3) is 1.00. The second kappa shape index (κ2) is 5.97. The summed E-state index contributed by atoms with van der Waals surface area (Å²) >= 11 is 5.41. The smallest absolute Gasteiger partial charge is 0.162 e. The molecule has 0 rings (SSSR count). The summed E-state index contributed by atoms with van der Waals surface area (Å²) in [7, 11) is -0.464. The summed E-state index contributed by atoms with van der Waals surface area (Å²) in [5.74, 6) is 0.268. The lowest BCUT2D eigenvalue weighted by Crippen LogP contribution is -2.20. The Balaban J connectivity index is 3.22. The summed E-state index contributed by atoms with van der Waals surface area (Å²) in [5, 5.41) is 9.05. The van der Waals surface area contributed by atoms with E-state index >= 15 is 0 Å².